The highest BCUT2D eigenvalue weighted by atomic mass is 32.1. The van der Waals surface area contributed by atoms with Crippen LogP contribution in [-0.2, 0) is 12.8 Å². The number of hydrogen-bond acceptors (Lipinski definition) is 5. The molecule has 4 rings (SSSR count). The van der Waals surface area contributed by atoms with Crippen molar-refractivity contribution in [1.29, 1.82) is 0 Å². The lowest BCUT2D eigenvalue weighted by Gasteiger charge is -2.27. The van der Waals surface area contributed by atoms with Gasteiger partial charge in [-0.1, -0.05) is 13.0 Å². The summed E-state index contributed by atoms with van der Waals surface area (Å²) in [4.78, 5) is 14.1. The molecule has 0 unspecified atom stereocenters. The largest absolute Gasteiger partial charge is 0.493 e. The van der Waals surface area contributed by atoms with Gasteiger partial charge in [0.1, 0.15) is 11.2 Å². The van der Waals surface area contributed by atoms with E-state index in [0.29, 0.717) is 17.4 Å². The van der Waals surface area contributed by atoms with Crippen molar-refractivity contribution in [3.05, 3.63) is 39.8 Å². The Morgan fingerprint density at radius 2 is 1.96 bits per heavy atom. The van der Waals surface area contributed by atoms with Crippen LogP contribution >= 0.6 is 11.3 Å². The lowest BCUT2D eigenvalue weighted by molar-refractivity contribution is 0.0935. The molecule has 2 N–H and O–H groups in total. The first-order valence-corrected chi connectivity index (χ1v) is 9.36. The zero-order chi connectivity index (χ0) is 17.6. The van der Waals surface area contributed by atoms with E-state index in [1.165, 1.54) is 10.4 Å². The lowest BCUT2D eigenvalue weighted by Crippen LogP contribution is -2.38. The number of benzene rings is 1. The molecule has 1 amide bonds. The highest BCUT2D eigenvalue weighted by molar-refractivity contribution is 7.16. The Bertz CT molecular complexity index is 830. The first kappa shape index (κ1) is 16.3. The number of carbonyl (C=O) groups is 1. The summed E-state index contributed by atoms with van der Waals surface area (Å²) >= 11 is 1.73. The van der Waals surface area contributed by atoms with Crippen LogP contribution in [0.4, 0.5) is 5.00 Å². The number of anilines is 1. The maximum atomic E-state index is 12.8. The quantitative estimate of drug-likeness (QED) is 0.877. The highest BCUT2D eigenvalue weighted by Crippen LogP contribution is 2.43. The van der Waals surface area contributed by atoms with Gasteiger partial charge < -0.3 is 20.1 Å². The zero-order valence-electron chi connectivity index (χ0n) is 14.6. The normalized spacial score (nSPS) is 21.6. The Hall–Kier alpha value is -2.21. The van der Waals surface area contributed by atoms with E-state index >= 15 is 0 Å². The van der Waals surface area contributed by atoms with Crippen molar-refractivity contribution < 1.29 is 14.3 Å². The summed E-state index contributed by atoms with van der Waals surface area (Å²) in [7, 11) is 3.22. The number of thiophene rings is 1. The smallest absolute Gasteiger partial charge is 0.256 e. The highest BCUT2D eigenvalue weighted by Gasteiger charge is 2.33. The van der Waals surface area contributed by atoms with Crippen LogP contribution in [0.3, 0.4) is 0 Å². The van der Waals surface area contributed by atoms with Crippen LogP contribution in [0.15, 0.2) is 18.2 Å². The molecule has 0 saturated heterocycles. The van der Waals surface area contributed by atoms with Crippen LogP contribution in [-0.4, -0.2) is 20.1 Å². The predicted octanol–water partition coefficient (Wildman–Crippen LogP) is 3.74. The average Bonchev–Trinajstić information content (AvgIpc) is 2.98. The molecule has 2 atom stereocenters. The molecular formula is C19H22N2O3S. The third-order valence-corrected chi connectivity index (χ3v) is 6.22. The number of nitrogens with one attached hydrogen (secondary N) is 2. The van der Waals surface area contributed by atoms with Crippen molar-refractivity contribution in [2.24, 2.45) is 5.92 Å². The Balaban J connectivity index is 1.67. The first-order chi connectivity index (χ1) is 12.1. The molecule has 1 aliphatic heterocycles. The molecule has 5 nitrogen and oxygen atoms in total. The summed E-state index contributed by atoms with van der Waals surface area (Å²) in [5.74, 6) is 2.04. The fourth-order valence-corrected chi connectivity index (χ4v) is 5.10. The third kappa shape index (κ3) is 2.74. The molecule has 0 radical (unpaired) electrons. The minimum absolute atomic E-state index is 0.0144. The monoisotopic (exact) mass is 358 g/mol. The molecule has 1 aromatic carbocycles. The van der Waals surface area contributed by atoms with E-state index in [-0.39, 0.29) is 12.1 Å². The van der Waals surface area contributed by atoms with Crippen molar-refractivity contribution >= 4 is 22.2 Å². The van der Waals surface area contributed by atoms with Crippen LogP contribution in [0, 0.1) is 5.92 Å². The molecule has 6 heteroatoms. The van der Waals surface area contributed by atoms with E-state index in [4.69, 9.17) is 9.47 Å². The molecule has 1 aromatic heterocycles. The Labute approximate surface area is 151 Å². The number of ether oxygens (including phenoxy) is 2. The average molecular weight is 358 g/mol. The molecule has 25 heavy (non-hydrogen) atoms. The Kier molecular flexibility index (Phi) is 4.07. The standard InChI is InChI=1S/C19H22N2O3S/c1-10-4-6-12-15(8-10)25-19-16(12)18(22)20-17(21-19)11-5-7-13(23-2)14(9-11)24-3/h5,7,9-10,17,21H,4,6,8H2,1-3H3,(H,20,22)/t10-,17-/m1/s1. The van der Waals surface area contributed by atoms with E-state index in [2.05, 4.69) is 17.6 Å². The topological polar surface area (TPSA) is 59.6 Å². The maximum absolute atomic E-state index is 12.8. The van der Waals surface area contributed by atoms with Gasteiger partial charge in [0, 0.05) is 4.88 Å². The van der Waals surface area contributed by atoms with Gasteiger partial charge in [0.05, 0.1) is 19.8 Å². The second-order valence-corrected chi connectivity index (χ2v) is 7.83. The fourth-order valence-electron chi connectivity index (χ4n) is 3.66. The van der Waals surface area contributed by atoms with Crippen molar-refractivity contribution in [2.75, 3.05) is 19.5 Å². The molecule has 132 valence electrons. The van der Waals surface area contributed by atoms with E-state index in [0.717, 1.165) is 35.4 Å². The van der Waals surface area contributed by atoms with Gasteiger partial charge >= 0.3 is 0 Å². The fraction of sp³-hybridized carbons (Fsp3) is 0.421. The van der Waals surface area contributed by atoms with Gasteiger partial charge in [-0.3, -0.25) is 4.79 Å². The number of carbonyl (C=O) groups excluding carboxylic acids is 1. The lowest BCUT2D eigenvalue weighted by atomic mass is 9.88. The molecule has 2 heterocycles. The van der Waals surface area contributed by atoms with Crippen LogP contribution in [0.25, 0.3) is 0 Å². The van der Waals surface area contributed by atoms with Crippen molar-refractivity contribution in [2.45, 2.75) is 32.4 Å². The van der Waals surface area contributed by atoms with Crippen molar-refractivity contribution in [3.63, 3.8) is 0 Å². The summed E-state index contributed by atoms with van der Waals surface area (Å²) in [5.41, 5.74) is 3.04. The predicted molar refractivity (Wildman–Crippen MR) is 98.9 cm³/mol. The van der Waals surface area contributed by atoms with Gasteiger partial charge in [-0.05, 0) is 48.4 Å². The second-order valence-electron chi connectivity index (χ2n) is 6.72. The molecule has 1 aliphatic carbocycles. The zero-order valence-corrected chi connectivity index (χ0v) is 15.5. The van der Waals surface area contributed by atoms with Gasteiger partial charge in [0.15, 0.2) is 11.5 Å². The van der Waals surface area contributed by atoms with Crippen LogP contribution in [0.1, 0.15) is 45.9 Å². The number of fused-ring (bicyclic) bond motifs is 3. The summed E-state index contributed by atoms with van der Waals surface area (Å²) in [6, 6.07) is 5.70. The Morgan fingerprint density at radius 1 is 1.16 bits per heavy atom. The number of amides is 1. The van der Waals surface area contributed by atoms with Crippen molar-refractivity contribution in [1.82, 2.24) is 5.32 Å². The molecule has 0 saturated carbocycles. The molecule has 0 spiro atoms. The van der Waals surface area contributed by atoms with Gasteiger partial charge in [0.2, 0.25) is 0 Å². The third-order valence-electron chi connectivity index (χ3n) is 5.03. The molecule has 0 fully saturated rings. The van der Waals surface area contributed by atoms with Gasteiger partial charge in [0.25, 0.3) is 5.91 Å². The van der Waals surface area contributed by atoms with Crippen LogP contribution in [0.5, 0.6) is 11.5 Å². The SMILES string of the molecule is COc1ccc([C@@H]2NC(=O)c3c(sc4c3CC[C@@H](C)C4)N2)cc1OC. The summed E-state index contributed by atoms with van der Waals surface area (Å²) < 4.78 is 10.7. The molecule has 2 aliphatic rings. The number of hydrogen-bond donors (Lipinski definition) is 2. The molecular weight excluding hydrogens is 336 g/mol. The number of rotatable bonds is 3. The van der Waals surface area contributed by atoms with E-state index < -0.39 is 0 Å². The minimum Gasteiger partial charge on any atom is -0.493 e. The molecule has 0 bridgehead atoms. The summed E-state index contributed by atoms with van der Waals surface area (Å²) in [5, 5.41) is 7.57. The van der Waals surface area contributed by atoms with Crippen molar-refractivity contribution in [3.8, 4) is 11.5 Å². The van der Waals surface area contributed by atoms with E-state index in [1.807, 2.05) is 18.2 Å². The summed E-state index contributed by atoms with van der Waals surface area (Å²) in [6.45, 7) is 2.28. The molecule has 2 aromatic rings. The van der Waals surface area contributed by atoms with Crippen LogP contribution < -0.4 is 20.1 Å². The van der Waals surface area contributed by atoms with Gasteiger partial charge in [-0.25, -0.2) is 0 Å². The van der Waals surface area contributed by atoms with Crippen LogP contribution in [0.2, 0.25) is 0 Å². The number of methoxy groups -OCH3 is 2. The van der Waals surface area contributed by atoms with Gasteiger partial charge in [-0.2, -0.15) is 0 Å². The first-order valence-electron chi connectivity index (χ1n) is 8.54. The summed E-state index contributed by atoms with van der Waals surface area (Å²) in [6.07, 6.45) is 2.96. The maximum Gasteiger partial charge on any atom is 0.256 e. The van der Waals surface area contributed by atoms with E-state index in [9.17, 15) is 4.79 Å². The Morgan fingerprint density at radius 3 is 2.72 bits per heavy atom. The van der Waals surface area contributed by atoms with Gasteiger partial charge in [-0.15, -0.1) is 11.3 Å². The minimum atomic E-state index is -0.266. The second kappa shape index (κ2) is 6.26. The van der Waals surface area contributed by atoms with E-state index in [1.54, 1.807) is 25.6 Å².